The van der Waals surface area contributed by atoms with Crippen LogP contribution >= 0.6 is 11.6 Å². The molecule has 1 aliphatic heterocycles. The van der Waals surface area contributed by atoms with Crippen LogP contribution in [0.4, 0.5) is 0 Å². The number of amides is 1. The number of para-hydroxylation sites is 1. The summed E-state index contributed by atoms with van der Waals surface area (Å²) in [5, 5.41) is 13.1. The van der Waals surface area contributed by atoms with Crippen molar-refractivity contribution < 1.29 is 23.1 Å². The van der Waals surface area contributed by atoms with E-state index in [9.17, 15) is 23.1 Å². The Hall–Kier alpha value is -2.88. The van der Waals surface area contributed by atoms with E-state index in [2.05, 4.69) is 10.3 Å². The Morgan fingerprint density at radius 2 is 1.85 bits per heavy atom. The Balaban J connectivity index is 1.57. The van der Waals surface area contributed by atoms with Crippen molar-refractivity contribution in [1.82, 2.24) is 14.6 Å². The topological polar surface area (TPSA) is 120 Å². The van der Waals surface area contributed by atoms with Crippen LogP contribution < -0.4 is 5.32 Å². The summed E-state index contributed by atoms with van der Waals surface area (Å²) in [7, 11) is -3.77. The first-order valence-corrected chi connectivity index (χ1v) is 12.5. The lowest BCUT2D eigenvalue weighted by Gasteiger charge is -2.26. The lowest BCUT2D eigenvalue weighted by atomic mass is 10.0. The van der Waals surface area contributed by atoms with Crippen LogP contribution in [0.15, 0.2) is 53.6 Å². The van der Waals surface area contributed by atoms with Crippen LogP contribution in [0.2, 0.25) is 5.02 Å². The van der Waals surface area contributed by atoms with E-state index in [4.69, 9.17) is 11.6 Å². The van der Waals surface area contributed by atoms with Gasteiger partial charge in [0.25, 0.3) is 5.91 Å². The summed E-state index contributed by atoms with van der Waals surface area (Å²) in [6.07, 6.45) is 4.32. The number of benzene rings is 2. The first-order chi connectivity index (χ1) is 15.8. The first-order valence-electron chi connectivity index (χ1n) is 10.7. The molecule has 0 saturated carbocycles. The zero-order valence-electron chi connectivity index (χ0n) is 17.8. The van der Waals surface area contributed by atoms with Crippen LogP contribution in [0.3, 0.4) is 0 Å². The Bertz CT molecular complexity index is 1300. The number of carbonyl (C=O) groups excluding carboxylic acids is 1. The van der Waals surface area contributed by atoms with E-state index in [1.165, 1.54) is 22.5 Å². The summed E-state index contributed by atoms with van der Waals surface area (Å²) < 4.78 is 27.4. The fourth-order valence-electron chi connectivity index (χ4n) is 4.05. The second kappa shape index (κ2) is 9.54. The third kappa shape index (κ3) is 4.90. The molecule has 1 fully saturated rings. The molecule has 2 heterocycles. The molecule has 0 bridgehead atoms. The van der Waals surface area contributed by atoms with E-state index in [0.29, 0.717) is 13.1 Å². The lowest BCUT2D eigenvalue weighted by Crippen LogP contribution is -2.42. The number of hydrogen-bond acceptors (Lipinski definition) is 4. The maximum Gasteiger partial charge on any atom is 0.326 e. The molecule has 2 aromatic carbocycles. The van der Waals surface area contributed by atoms with Gasteiger partial charge in [-0.1, -0.05) is 36.2 Å². The van der Waals surface area contributed by atoms with Gasteiger partial charge in [-0.2, -0.15) is 4.31 Å². The van der Waals surface area contributed by atoms with Gasteiger partial charge in [-0.25, -0.2) is 13.2 Å². The Labute approximate surface area is 196 Å². The number of H-pyrrole nitrogens is 1. The number of carbonyl (C=O) groups is 2. The van der Waals surface area contributed by atoms with Gasteiger partial charge in [-0.05, 0) is 42.7 Å². The average molecular weight is 490 g/mol. The smallest absolute Gasteiger partial charge is 0.326 e. The number of rotatable bonds is 7. The average Bonchev–Trinajstić information content (AvgIpc) is 3.22. The molecule has 174 valence electrons. The zero-order chi connectivity index (χ0) is 23.6. The highest BCUT2D eigenvalue weighted by Crippen LogP contribution is 2.25. The monoisotopic (exact) mass is 489 g/mol. The number of nitrogens with one attached hydrogen (secondary N) is 2. The van der Waals surface area contributed by atoms with Crippen molar-refractivity contribution >= 4 is 44.4 Å². The van der Waals surface area contributed by atoms with Crippen LogP contribution in [0.25, 0.3) is 10.9 Å². The third-order valence-corrected chi connectivity index (χ3v) is 8.06. The van der Waals surface area contributed by atoms with E-state index in [-0.39, 0.29) is 21.9 Å². The van der Waals surface area contributed by atoms with Gasteiger partial charge in [0.1, 0.15) is 6.04 Å². The molecular formula is C23H24ClN3O5S. The molecule has 33 heavy (non-hydrogen) atoms. The highest BCUT2D eigenvalue weighted by atomic mass is 35.5. The number of aromatic nitrogens is 1. The zero-order valence-corrected chi connectivity index (χ0v) is 19.3. The predicted molar refractivity (Wildman–Crippen MR) is 125 cm³/mol. The lowest BCUT2D eigenvalue weighted by molar-refractivity contribution is -0.139. The highest BCUT2D eigenvalue weighted by molar-refractivity contribution is 7.89. The predicted octanol–water partition coefficient (Wildman–Crippen LogP) is 3.42. The number of piperidine rings is 1. The van der Waals surface area contributed by atoms with Gasteiger partial charge in [-0.15, -0.1) is 0 Å². The van der Waals surface area contributed by atoms with Gasteiger partial charge in [0.2, 0.25) is 10.0 Å². The minimum atomic E-state index is -3.77. The molecule has 4 rings (SSSR count). The Morgan fingerprint density at radius 1 is 1.12 bits per heavy atom. The van der Waals surface area contributed by atoms with Crippen molar-refractivity contribution in [3.63, 3.8) is 0 Å². The second-order valence-corrected chi connectivity index (χ2v) is 10.4. The number of fused-ring (bicyclic) bond motifs is 1. The number of nitrogens with zero attached hydrogens (tertiary/aromatic N) is 1. The normalized spacial score (nSPS) is 15.9. The van der Waals surface area contributed by atoms with Crippen LogP contribution in [0.5, 0.6) is 0 Å². The summed E-state index contributed by atoms with van der Waals surface area (Å²) in [6.45, 7) is 0.858. The molecule has 0 spiro atoms. The first kappa shape index (κ1) is 23.3. The number of halogens is 1. The largest absolute Gasteiger partial charge is 0.480 e. The molecule has 1 amide bonds. The summed E-state index contributed by atoms with van der Waals surface area (Å²) >= 11 is 6.19. The molecule has 1 aromatic heterocycles. The molecule has 1 aliphatic rings. The standard InChI is InChI=1S/C23H24ClN3O5S/c24-19-9-8-16(33(31,32)27-10-4-1-5-11-27)13-18(19)22(28)26-21(23(29)30)12-15-14-25-20-7-3-2-6-17(15)20/h2-3,6-9,13-14,21,25H,1,4-5,10-12H2,(H,26,28)(H,29,30)/t21-/m0/s1. The maximum absolute atomic E-state index is 13.0. The number of aliphatic carboxylic acids is 1. The minimum absolute atomic E-state index is 0.0394. The Morgan fingerprint density at radius 3 is 2.58 bits per heavy atom. The molecule has 8 nitrogen and oxygen atoms in total. The van der Waals surface area contributed by atoms with Crippen molar-refractivity contribution in [2.75, 3.05) is 13.1 Å². The van der Waals surface area contributed by atoms with Gasteiger partial charge in [0.15, 0.2) is 0 Å². The Kier molecular flexibility index (Phi) is 6.73. The quantitative estimate of drug-likeness (QED) is 0.469. The van der Waals surface area contributed by atoms with Crippen LogP contribution in [-0.2, 0) is 21.2 Å². The van der Waals surface area contributed by atoms with Gasteiger partial charge in [-0.3, -0.25) is 4.79 Å². The van der Waals surface area contributed by atoms with Crippen LogP contribution in [0, 0.1) is 0 Å². The fourth-order valence-corrected chi connectivity index (χ4v) is 5.80. The summed E-state index contributed by atoms with van der Waals surface area (Å²) in [5.41, 5.74) is 1.52. The van der Waals surface area contributed by atoms with Gasteiger partial charge in [0, 0.05) is 36.6 Å². The molecular weight excluding hydrogens is 466 g/mol. The van der Waals surface area contributed by atoms with Gasteiger partial charge >= 0.3 is 5.97 Å². The molecule has 3 aromatic rings. The van der Waals surface area contributed by atoms with Crippen molar-refractivity contribution in [1.29, 1.82) is 0 Å². The maximum atomic E-state index is 13.0. The molecule has 10 heteroatoms. The van der Waals surface area contributed by atoms with Crippen molar-refractivity contribution in [3.05, 3.63) is 64.8 Å². The SMILES string of the molecule is O=C(N[C@@H](Cc1c[nH]c2ccccc12)C(=O)O)c1cc(S(=O)(=O)N2CCCCC2)ccc1Cl. The second-order valence-electron chi connectivity index (χ2n) is 8.03. The highest BCUT2D eigenvalue weighted by Gasteiger charge is 2.28. The molecule has 0 aliphatic carbocycles. The summed E-state index contributed by atoms with van der Waals surface area (Å²) in [4.78, 5) is 27.9. The van der Waals surface area contributed by atoms with Gasteiger partial charge in [0.05, 0.1) is 15.5 Å². The van der Waals surface area contributed by atoms with Crippen molar-refractivity contribution in [2.45, 2.75) is 36.6 Å². The number of carboxylic acids is 1. The number of sulfonamides is 1. The molecule has 1 atom stereocenters. The van der Waals surface area contributed by atoms with Crippen LogP contribution in [0.1, 0.15) is 35.2 Å². The fraction of sp³-hybridized carbons (Fsp3) is 0.304. The number of aromatic amines is 1. The number of hydrogen-bond donors (Lipinski definition) is 3. The summed E-state index contributed by atoms with van der Waals surface area (Å²) in [5.74, 6) is -1.95. The van der Waals surface area contributed by atoms with Gasteiger partial charge < -0.3 is 15.4 Å². The van der Waals surface area contributed by atoms with E-state index >= 15 is 0 Å². The minimum Gasteiger partial charge on any atom is -0.480 e. The number of carboxylic acid groups (broad SMARTS) is 1. The molecule has 0 unspecified atom stereocenters. The van der Waals surface area contributed by atoms with Crippen molar-refractivity contribution in [2.24, 2.45) is 0 Å². The van der Waals surface area contributed by atoms with E-state index in [0.717, 1.165) is 35.7 Å². The molecule has 0 radical (unpaired) electrons. The summed E-state index contributed by atoms with van der Waals surface area (Å²) in [6, 6.07) is 10.2. The molecule has 3 N–H and O–H groups in total. The third-order valence-electron chi connectivity index (χ3n) is 5.84. The van der Waals surface area contributed by atoms with E-state index < -0.39 is 27.9 Å². The molecule has 1 saturated heterocycles. The van der Waals surface area contributed by atoms with Crippen LogP contribution in [-0.4, -0.2) is 53.8 Å². The van der Waals surface area contributed by atoms with E-state index in [1.54, 1.807) is 6.20 Å². The van der Waals surface area contributed by atoms with E-state index in [1.807, 2.05) is 24.3 Å². The van der Waals surface area contributed by atoms with Crippen molar-refractivity contribution in [3.8, 4) is 0 Å².